The molecule has 0 fully saturated rings. The third-order valence-corrected chi connectivity index (χ3v) is 3.57. The second-order valence-corrected chi connectivity index (χ2v) is 6.03. The van der Waals surface area contributed by atoms with Crippen LogP contribution in [0.5, 0.6) is 0 Å². The summed E-state index contributed by atoms with van der Waals surface area (Å²) < 4.78 is 0.956. The number of nitriles is 1. The van der Waals surface area contributed by atoms with Crippen molar-refractivity contribution in [3.8, 4) is 6.07 Å². The number of halogens is 1. The van der Waals surface area contributed by atoms with Gasteiger partial charge < -0.3 is 5.32 Å². The van der Waals surface area contributed by atoms with Gasteiger partial charge in [0.15, 0.2) is 0 Å². The van der Waals surface area contributed by atoms with Crippen LogP contribution in [0.15, 0.2) is 22.7 Å². The molecule has 0 saturated carbocycles. The zero-order valence-electron chi connectivity index (χ0n) is 11.3. The molecule has 18 heavy (non-hydrogen) atoms. The van der Waals surface area contributed by atoms with Crippen molar-refractivity contribution in [2.24, 2.45) is 5.92 Å². The molecule has 0 spiro atoms. The van der Waals surface area contributed by atoms with E-state index in [1.54, 1.807) is 0 Å². The Morgan fingerprint density at radius 2 is 2.00 bits per heavy atom. The van der Waals surface area contributed by atoms with Gasteiger partial charge in [-0.3, -0.25) is 0 Å². The minimum atomic E-state index is 0.452. The maximum atomic E-state index is 8.81. The summed E-state index contributed by atoms with van der Waals surface area (Å²) in [5, 5.41) is 12.3. The Labute approximate surface area is 119 Å². The molecule has 0 heterocycles. The number of hydrogen-bond donors (Lipinski definition) is 1. The zero-order chi connectivity index (χ0) is 13.5. The molecule has 3 heteroatoms. The number of rotatable bonds is 6. The summed E-state index contributed by atoms with van der Waals surface area (Å²) in [6.07, 6.45) is 3.70. The summed E-state index contributed by atoms with van der Waals surface area (Å²) in [5.74, 6) is 0.777. The van der Waals surface area contributed by atoms with Crippen LogP contribution >= 0.6 is 15.9 Å². The fourth-order valence-electron chi connectivity index (χ4n) is 1.87. The molecule has 1 N–H and O–H groups in total. The average molecular weight is 309 g/mol. The monoisotopic (exact) mass is 308 g/mol. The molecule has 0 aliphatic carbocycles. The van der Waals surface area contributed by atoms with E-state index in [0.29, 0.717) is 11.6 Å². The first kappa shape index (κ1) is 15.0. The lowest BCUT2D eigenvalue weighted by Gasteiger charge is -2.17. The predicted octanol–water partition coefficient (Wildman–Crippen LogP) is 4.95. The van der Waals surface area contributed by atoms with Gasteiger partial charge in [0, 0.05) is 16.2 Å². The third-order valence-electron chi connectivity index (χ3n) is 2.92. The average Bonchev–Trinajstić information content (AvgIpc) is 2.31. The van der Waals surface area contributed by atoms with Gasteiger partial charge in [0.25, 0.3) is 0 Å². The molecule has 1 rings (SSSR count). The number of nitrogens with one attached hydrogen (secondary N) is 1. The molecule has 1 unspecified atom stereocenters. The summed E-state index contributed by atoms with van der Waals surface area (Å²) in [5.41, 5.74) is 1.74. The Morgan fingerprint density at radius 3 is 2.56 bits per heavy atom. The van der Waals surface area contributed by atoms with Gasteiger partial charge in [0.2, 0.25) is 0 Å². The Bertz CT molecular complexity index is 421. The molecular weight excluding hydrogens is 288 g/mol. The van der Waals surface area contributed by atoms with Crippen LogP contribution in [0.2, 0.25) is 0 Å². The van der Waals surface area contributed by atoms with Gasteiger partial charge in [0.1, 0.15) is 0 Å². The number of hydrogen-bond acceptors (Lipinski definition) is 2. The van der Waals surface area contributed by atoms with Gasteiger partial charge in [0.05, 0.1) is 11.6 Å². The zero-order valence-corrected chi connectivity index (χ0v) is 12.9. The van der Waals surface area contributed by atoms with Gasteiger partial charge in [-0.1, -0.05) is 26.7 Å². The fraction of sp³-hybridized carbons (Fsp3) is 0.533. The van der Waals surface area contributed by atoms with Crippen LogP contribution in [-0.4, -0.2) is 6.04 Å². The summed E-state index contributed by atoms with van der Waals surface area (Å²) >= 11 is 3.49. The number of anilines is 1. The first-order valence-corrected chi connectivity index (χ1v) is 7.28. The summed E-state index contributed by atoms with van der Waals surface area (Å²) in [7, 11) is 0. The van der Waals surface area contributed by atoms with Crippen molar-refractivity contribution in [3.05, 3.63) is 28.2 Å². The molecule has 1 atom stereocenters. The van der Waals surface area contributed by atoms with E-state index >= 15 is 0 Å². The number of benzene rings is 1. The van der Waals surface area contributed by atoms with Crippen LogP contribution in [-0.2, 0) is 0 Å². The van der Waals surface area contributed by atoms with Crippen LogP contribution < -0.4 is 5.32 Å². The van der Waals surface area contributed by atoms with Gasteiger partial charge in [-0.25, -0.2) is 0 Å². The predicted molar refractivity (Wildman–Crippen MR) is 80.6 cm³/mol. The van der Waals surface area contributed by atoms with E-state index in [9.17, 15) is 0 Å². The first-order valence-electron chi connectivity index (χ1n) is 6.49. The fourth-order valence-corrected chi connectivity index (χ4v) is 2.36. The van der Waals surface area contributed by atoms with Crippen LogP contribution in [0.3, 0.4) is 0 Å². The summed E-state index contributed by atoms with van der Waals surface area (Å²) in [6.45, 7) is 6.72. The molecule has 2 nitrogen and oxygen atoms in total. The molecule has 0 bridgehead atoms. The smallest absolute Gasteiger partial charge is 0.0992 e. The van der Waals surface area contributed by atoms with Crippen LogP contribution in [0.1, 0.15) is 45.6 Å². The van der Waals surface area contributed by atoms with Crippen molar-refractivity contribution in [2.75, 3.05) is 5.32 Å². The van der Waals surface area contributed by atoms with Gasteiger partial charge in [-0.05, 0) is 53.4 Å². The van der Waals surface area contributed by atoms with Crippen LogP contribution in [0, 0.1) is 17.2 Å². The molecule has 0 amide bonds. The van der Waals surface area contributed by atoms with E-state index < -0.39 is 0 Å². The molecule has 0 saturated heterocycles. The van der Waals surface area contributed by atoms with E-state index in [-0.39, 0.29) is 0 Å². The van der Waals surface area contributed by atoms with Crippen molar-refractivity contribution in [2.45, 2.75) is 46.1 Å². The highest BCUT2D eigenvalue weighted by atomic mass is 79.9. The minimum Gasteiger partial charge on any atom is -0.382 e. The standard InChI is InChI=1S/C15H21BrN2/c1-11(2)5-4-6-12(3)18-15-8-7-13(10-17)9-14(15)16/h7-9,11-12,18H,4-6H2,1-3H3. The molecule has 1 aromatic rings. The Balaban J connectivity index is 2.49. The van der Waals surface area contributed by atoms with Crippen molar-refractivity contribution in [1.29, 1.82) is 5.26 Å². The van der Waals surface area contributed by atoms with Gasteiger partial charge >= 0.3 is 0 Å². The van der Waals surface area contributed by atoms with Crippen molar-refractivity contribution < 1.29 is 0 Å². The van der Waals surface area contributed by atoms with Crippen molar-refractivity contribution in [3.63, 3.8) is 0 Å². The Kier molecular flexibility index (Phi) is 6.21. The second kappa shape index (κ2) is 7.43. The highest BCUT2D eigenvalue weighted by molar-refractivity contribution is 9.10. The number of nitrogens with zero attached hydrogens (tertiary/aromatic N) is 1. The maximum absolute atomic E-state index is 8.81. The van der Waals surface area contributed by atoms with Crippen LogP contribution in [0.4, 0.5) is 5.69 Å². The lowest BCUT2D eigenvalue weighted by Crippen LogP contribution is -2.15. The molecule has 98 valence electrons. The summed E-state index contributed by atoms with van der Waals surface area (Å²) in [4.78, 5) is 0. The molecule has 0 aliphatic rings. The molecule has 0 aliphatic heterocycles. The van der Waals surface area contributed by atoms with E-state index in [0.717, 1.165) is 16.1 Å². The Hall–Kier alpha value is -1.01. The topological polar surface area (TPSA) is 35.8 Å². The second-order valence-electron chi connectivity index (χ2n) is 5.18. The van der Waals surface area contributed by atoms with Gasteiger partial charge in [-0.15, -0.1) is 0 Å². The SMILES string of the molecule is CC(C)CCCC(C)Nc1ccc(C#N)cc1Br. The largest absolute Gasteiger partial charge is 0.382 e. The van der Waals surface area contributed by atoms with Crippen molar-refractivity contribution in [1.82, 2.24) is 0 Å². The van der Waals surface area contributed by atoms with Gasteiger partial charge in [-0.2, -0.15) is 5.26 Å². The Morgan fingerprint density at radius 1 is 1.28 bits per heavy atom. The van der Waals surface area contributed by atoms with E-state index in [2.05, 4.69) is 48.1 Å². The van der Waals surface area contributed by atoms with E-state index in [4.69, 9.17) is 5.26 Å². The highest BCUT2D eigenvalue weighted by Crippen LogP contribution is 2.24. The first-order chi connectivity index (χ1) is 8.52. The lowest BCUT2D eigenvalue weighted by atomic mass is 10.0. The minimum absolute atomic E-state index is 0.452. The van der Waals surface area contributed by atoms with E-state index in [1.165, 1.54) is 19.3 Å². The quantitative estimate of drug-likeness (QED) is 0.807. The van der Waals surface area contributed by atoms with Crippen molar-refractivity contribution >= 4 is 21.6 Å². The molecule has 0 aromatic heterocycles. The lowest BCUT2D eigenvalue weighted by molar-refractivity contribution is 0.520. The summed E-state index contributed by atoms with van der Waals surface area (Å²) in [6, 6.07) is 8.24. The maximum Gasteiger partial charge on any atom is 0.0992 e. The van der Waals surface area contributed by atoms with Crippen LogP contribution in [0.25, 0.3) is 0 Å². The normalized spacial score (nSPS) is 12.2. The molecule has 1 aromatic carbocycles. The van der Waals surface area contributed by atoms with E-state index in [1.807, 2.05) is 18.2 Å². The molecular formula is C15H21BrN2. The third kappa shape index (κ3) is 5.10. The highest BCUT2D eigenvalue weighted by Gasteiger charge is 2.06. The molecule has 0 radical (unpaired) electrons.